The first-order chi connectivity index (χ1) is 9.29. The molecule has 1 fully saturated rings. The molecular formula is C13H18F2N2O2S. The van der Waals surface area contributed by atoms with Gasteiger partial charge in [0, 0.05) is 11.7 Å². The van der Waals surface area contributed by atoms with Gasteiger partial charge in [0.15, 0.2) is 4.90 Å². The topological polar surface area (TPSA) is 72.2 Å². The highest BCUT2D eigenvalue weighted by Crippen LogP contribution is 2.26. The number of halogens is 2. The molecule has 0 spiro atoms. The minimum atomic E-state index is -4.21. The van der Waals surface area contributed by atoms with Gasteiger partial charge in [0.1, 0.15) is 11.6 Å². The van der Waals surface area contributed by atoms with Crippen LogP contribution in [-0.4, -0.2) is 14.5 Å². The Kier molecular flexibility index (Phi) is 4.29. The molecule has 1 aliphatic carbocycles. The van der Waals surface area contributed by atoms with Crippen LogP contribution in [0.4, 0.5) is 14.5 Å². The average Bonchev–Trinajstić information content (AvgIpc) is 2.30. The van der Waals surface area contributed by atoms with Crippen LogP contribution in [0.3, 0.4) is 0 Å². The lowest BCUT2D eigenvalue weighted by Gasteiger charge is -2.26. The number of nitrogens with two attached hydrogens (primary N) is 1. The molecule has 1 saturated carbocycles. The molecular weight excluding hydrogens is 286 g/mol. The second kappa shape index (κ2) is 5.65. The van der Waals surface area contributed by atoms with Gasteiger partial charge in [0.25, 0.3) is 0 Å². The van der Waals surface area contributed by atoms with Gasteiger partial charge in [-0.05, 0) is 43.7 Å². The molecule has 0 amide bonds. The molecule has 7 heteroatoms. The first-order valence-corrected chi connectivity index (χ1v) is 8.05. The van der Waals surface area contributed by atoms with Gasteiger partial charge in [0.2, 0.25) is 10.0 Å². The van der Waals surface area contributed by atoms with Gasteiger partial charge in [-0.3, -0.25) is 0 Å². The fraction of sp³-hybridized carbons (Fsp3) is 0.538. The summed E-state index contributed by atoms with van der Waals surface area (Å²) in [7, 11) is -4.21. The predicted molar refractivity (Wildman–Crippen MR) is 72.5 cm³/mol. The summed E-state index contributed by atoms with van der Waals surface area (Å²) >= 11 is 0. The molecule has 4 nitrogen and oxygen atoms in total. The number of hydrogen-bond acceptors (Lipinski definition) is 3. The van der Waals surface area contributed by atoms with Gasteiger partial charge in [0.05, 0.1) is 0 Å². The van der Waals surface area contributed by atoms with Gasteiger partial charge in [-0.25, -0.2) is 21.9 Å². The minimum absolute atomic E-state index is 0.148. The molecule has 0 unspecified atom stereocenters. The van der Waals surface area contributed by atoms with Gasteiger partial charge in [-0.1, -0.05) is 6.92 Å². The van der Waals surface area contributed by atoms with Gasteiger partial charge in [-0.15, -0.1) is 0 Å². The fourth-order valence-electron chi connectivity index (χ4n) is 2.49. The zero-order chi connectivity index (χ0) is 14.9. The van der Waals surface area contributed by atoms with E-state index in [0.717, 1.165) is 25.0 Å². The van der Waals surface area contributed by atoms with Crippen molar-refractivity contribution < 1.29 is 17.2 Å². The van der Waals surface area contributed by atoms with Crippen molar-refractivity contribution in [3.63, 3.8) is 0 Å². The molecule has 0 heterocycles. The first-order valence-electron chi connectivity index (χ1n) is 6.56. The Morgan fingerprint density at radius 1 is 1.15 bits per heavy atom. The Morgan fingerprint density at radius 3 is 2.15 bits per heavy atom. The smallest absolute Gasteiger partial charge is 0.246 e. The highest BCUT2D eigenvalue weighted by Gasteiger charge is 2.29. The maximum absolute atomic E-state index is 13.7. The van der Waals surface area contributed by atoms with Crippen LogP contribution < -0.4 is 10.5 Å². The summed E-state index contributed by atoms with van der Waals surface area (Å²) in [5.74, 6) is -1.78. The number of benzene rings is 1. The van der Waals surface area contributed by atoms with Crippen LogP contribution in [0.5, 0.6) is 0 Å². The molecule has 1 aromatic rings. The SMILES string of the molecule is CC1CCC(NS(=O)(=O)c2c(F)cc(N)cc2F)CC1. The van der Waals surface area contributed by atoms with Crippen molar-refractivity contribution in [3.8, 4) is 0 Å². The quantitative estimate of drug-likeness (QED) is 0.842. The standard InChI is InChI=1S/C13H18F2N2O2S/c1-8-2-4-10(5-3-8)17-20(18,19)13-11(14)6-9(16)7-12(13)15/h6-8,10,17H,2-5,16H2,1H3. The van der Waals surface area contributed by atoms with Gasteiger partial charge >= 0.3 is 0 Å². The molecule has 0 atom stereocenters. The maximum atomic E-state index is 13.7. The van der Waals surface area contributed by atoms with Crippen LogP contribution in [0.2, 0.25) is 0 Å². The molecule has 0 saturated heterocycles. The number of rotatable bonds is 3. The lowest BCUT2D eigenvalue weighted by Crippen LogP contribution is -2.38. The summed E-state index contributed by atoms with van der Waals surface area (Å²) in [6, 6.07) is 1.34. The van der Waals surface area contributed by atoms with Gasteiger partial charge < -0.3 is 5.73 Å². The molecule has 0 aliphatic heterocycles. The van der Waals surface area contributed by atoms with E-state index in [1.54, 1.807) is 0 Å². The van der Waals surface area contributed by atoms with Crippen LogP contribution in [0.15, 0.2) is 17.0 Å². The number of hydrogen-bond donors (Lipinski definition) is 2. The third-order valence-electron chi connectivity index (χ3n) is 3.63. The van der Waals surface area contributed by atoms with Crippen LogP contribution in [0, 0.1) is 17.6 Å². The lowest BCUT2D eigenvalue weighted by molar-refractivity contribution is 0.331. The van der Waals surface area contributed by atoms with E-state index < -0.39 is 26.6 Å². The second-order valence-electron chi connectivity index (χ2n) is 5.39. The van der Waals surface area contributed by atoms with Crippen molar-refractivity contribution in [1.29, 1.82) is 0 Å². The van der Waals surface area contributed by atoms with Crippen molar-refractivity contribution in [3.05, 3.63) is 23.8 Å². The monoisotopic (exact) mass is 304 g/mol. The van der Waals surface area contributed by atoms with Crippen molar-refractivity contribution in [2.75, 3.05) is 5.73 Å². The third-order valence-corrected chi connectivity index (χ3v) is 5.20. The van der Waals surface area contributed by atoms with Crippen LogP contribution in [0.1, 0.15) is 32.6 Å². The predicted octanol–water partition coefficient (Wildman–Crippen LogP) is 2.40. The molecule has 3 N–H and O–H groups in total. The summed E-state index contributed by atoms with van der Waals surface area (Å²) in [6.45, 7) is 2.10. The van der Waals surface area contributed by atoms with Crippen molar-refractivity contribution in [1.82, 2.24) is 4.72 Å². The zero-order valence-electron chi connectivity index (χ0n) is 11.2. The van der Waals surface area contributed by atoms with E-state index in [1.165, 1.54) is 0 Å². The highest BCUT2D eigenvalue weighted by atomic mass is 32.2. The minimum Gasteiger partial charge on any atom is -0.399 e. The van der Waals surface area contributed by atoms with Crippen LogP contribution in [-0.2, 0) is 10.0 Å². The van der Waals surface area contributed by atoms with Crippen molar-refractivity contribution >= 4 is 15.7 Å². The number of nitrogens with one attached hydrogen (secondary N) is 1. The maximum Gasteiger partial charge on any atom is 0.246 e. The molecule has 1 aliphatic rings. The third kappa shape index (κ3) is 3.27. The zero-order valence-corrected chi connectivity index (χ0v) is 12.0. The second-order valence-corrected chi connectivity index (χ2v) is 7.04. The van der Waals surface area contributed by atoms with E-state index in [1.807, 2.05) is 0 Å². The van der Waals surface area contributed by atoms with Crippen molar-refractivity contribution in [2.45, 2.75) is 43.5 Å². The summed E-state index contributed by atoms with van der Waals surface area (Å²) < 4.78 is 54.0. The number of anilines is 1. The molecule has 112 valence electrons. The fourth-order valence-corrected chi connectivity index (χ4v) is 3.92. The Morgan fingerprint density at radius 2 is 1.65 bits per heavy atom. The largest absolute Gasteiger partial charge is 0.399 e. The molecule has 0 aromatic heterocycles. The number of sulfonamides is 1. The molecule has 20 heavy (non-hydrogen) atoms. The molecule has 0 radical (unpaired) electrons. The molecule has 0 bridgehead atoms. The van der Waals surface area contributed by atoms with Gasteiger partial charge in [-0.2, -0.15) is 0 Å². The molecule has 1 aromatic carbocycles. The summed E-state index contributed by atoms with van der Waals surface area (Å²) in [5.41, 5.74) is 5.13. The van der Waals surface area contributed by atoms with E-state index >= 15 is 0 Å². The Hall–Kier alpha value is -1.21. The van der Waals surface area contributed by atoms with Crippen LogP contribution in [0.25, 0.3) is 0 Å². The van der Waals surface area contributed by atoms with E-state index in [9.17, 15) is 17.2 Å². The summed E-state index contributed by atoms with van der Waals surface area (Å²) in [4.78, 5) is -0.953. The highest BCUT2D eigenvalue weighted by molar-refractivity contribution is 7.89. The first kappa shape index (κ1) is 15.2. The summed E-state index contributed by atoms with van der Waals surface area (Å²) in [6.07, 6.45) is 3.16. The van der Waals surface area contributed by atoms with Crippen LogP contribution >= 0.6 is 0 Å². The Bertz CT molecular complexity index is 573. The van der Waals surface area contributed by atoms with E-state index in [4.69, 9.17) is 5.73 Å². The summed E-state index contributed by atoms with van der Waals surface area (Å²) in [5, 5.41) is 0. The number of nitrogen functional groups attached to an aromatic ring is 1. The Labute approximate surface area is 117 Å². The van der Waals surface area contributed by atoms with E-state index in [2.05, 4.69) is 11.6 Å². The van der Waals surface area contributed by atoms with E-state index in [0.29, 0.717) is 18.8 Å². The normalized spacial score (nSPS) is 23.8. The van der Waals surface area contributed by atoms with Crippen molar-refractivity contribution in [2.24, 2.45) is 5.92 Å². The lowest BCUT2D eigenvalue weighted by atomic mass is 9.88. The van der Waals surface area contributed by atoms with E-state index in [-0.39, 0.29) is 11.7 Å². The molecule has 2 rings (SSSR count). The average molecular weight is 304 g/mol. The Balaban J connectivity index is 2.23.